The van der Waals surface area contributed by atoms with Crippen LogP contribution in [0.4, 0.5) is 0 Å². The number of methoxy groups -OCH3 is 1. The molecule has 0 saturated heterocycles. The van der Waals surface area contributed by atoms with Crippen molar-refractivity contribution in [2.45, 2.75) is 37.6 Å². The number of ether oxygens (including phenoxy) is 2. The monoisotopic (exact) mass is 331 g/mol. The predicted molar refractivity (Wildman–Crippen MR) is 93.6 cm³/mol. The standard InChI is InChI=1S/C18H25N3O3/c1-20-12-5-3-4-11(6-12)14-9-21-15-8-17(24-10-18(19)22)16(23-2)7-13(14)15/h7-9,11-12,20-21H,3-6,10H2,1-2H3,(H2,19,22)/t11-,12+/m0/s1. The molecule has 0 bridgehead atoms. The summed E-state index contributed by atoms with van der Waals surface area (Å²) in [4.78, 5) is 14.3. The van der Waals surface area contributed by atoms with Crippen LogP contribution in [0.5, 0.6) is 11.5 Å². The number of aromatic amines is 1. The Morgan fingerprint density at radius 1 is 1.38 bits per heavy atom. The van der Waals surface area contributed by atoms with Gasteiger partial charge in [-0.2, -0.15) is 0 Å². The van der Waals surface area contributed by atoms with E-state index in [0.717, 1.165) is 17.3 Å². The number of amides is 1. The summed E-state index contributed by atoms with van der Waals surface area (Å²) in [5.74, 6) is 1.16. The molecule has 1 heterocycles. The molecule has 0 unspecified atom stereocenters. The Hall–Kier alpha value is -2.21. The summed E-state index contributed by atoms with van der Waals surface area (Å²) < 4.78 is 10.9. The van der Waals surface area contributed by atoms with Crippen molar-refractivity contribution < 1.29 is 14.3 Å². The van der Waals surface area contributed by atoms with E-state index < -0.39 is 5.91 Å². The number of hydrogen-bond acceptors (Lipinski definition) is 4. The first kappa shape index (κ1) is 16.6. The molecule has 1 aliphatic rings. The van der Waals surface area contributed by atoms with Gasteiger partial charge in [0.15, 0.2) is 18.1 Å². The Morgan fingerprint density at radius 2 is 2.21 bits per heavy atom. The van der Waals surface area contributed by atoms with Gasteiger partial charge in [-0.1, -0.05) is 6.42 Å². The zero-order chi connectivity index (χ0) is 17.1. The van der Waals surface area contributed by atoms with Crippen LogP contribution in [0.25, 0.3) is 10.9 Å². The first-order valence-electron chi connectivity index (χ1n) is 8.39. The van der Waals surface area contributed by atoms with E-state index in [1.165, 1.54) is 24.8 Å². The SMILES string of the molecule is CN[C@@H]1CCC[C@H](c2c[nH]c3cc(OCC(N)=O)c(OC)cc23)C1. The van der Waals surface area contributed by atoms with Crippen molar-refractivity contribution >= 4 is 16.8 Å². The predicted octanol–water partition coefficient (Wildman–Crippen LogP) is 2.29. The van der Waals surface area contributed by atoms with Gasteiger partial charge in [0.05, 0.1) is 7.11 Å². The fourth-order valence-corrected chi connectivity index (χ4v) is 3.64. The summed E-state index contributed by atoms with van der Waals surface area (Å²) in [6, 6.07) is 4.44. The fraction of sp³-hybridized carbons (Fsp3) is 0.500. The molecule has 0 aliphatic heterocycles. The lowest BCUT2D eigenvalue weighted by atomic mass is 9.81. The van der Waals surface area contributed by atoms with Gasteiger partial charge in [0, 0.05) is 29.2 Å². The number of carbonyl (C=O) groups excluding carboxylic acids is 1. The normalized spacial score (nSPS) is 20.9. The molecular weight excluding hydrogens is 306 g/mol. The van der Waals surface area contributed by atoms with Gasteiger partial charge in [0.2, 0.25) is 0 Å². The maximum Gasteiger partial charge on any atom is 0.255 e. The number of fused-ring (bicyclic) bond motifs is 1. The van der Waals surface area contributed by atoms with Gasteiger partial charge < -0.3 is 25.5 Å². The van der Waals surface area contributed by atoms with E-state index in [1.807, 2.05) is 19.2 Å². The molecule has 0 spiro atoms. The van der Waals surface area contributed by atoms with Crippen molar-refractivity contribution in [2.24, 2.45) is 5.73 Å². The lowest BCUT2D eigenvalue weighted by Crippen LogP contribution is -2.30. The van der Waals surface area contributed by atoms with Crippen molar-refractivity contribution in [3.05, 3.63) is 23.9 Å². The van der Waals surface area contributed by atoms with Crippen LogP contribution in [0, 0.1) is 0 Å². The molecule has 3 rings (SSSR count). The summed E-state index contributed by atoms with van der Waals surface area (Å²) in [5, 5.41) is 4.56. The Labute approximate surface area is 141 Å². The van der Waals surface area contributed by atoms with Crippen molar-refractivity contribution in [1.29, 1.82) is 0 Å². The van der Waals surface area contributed by atoms with E-state index in [0.29, 0.717) is 23.5 Å². The first-order valence-corrected chi connectivity index (χ1v) is 8.39. The summed E-state index contributed by atoms with van der Waals surface area (Å²) in [7, 11) is 3.63. The zero-order valence-electron chi connectivity index (χ0n) is 14.2. The van der Waals surface area contributed by atoms with Crippen LogP contribution in [0.1, 0.15) is 37.2 Å². The molecular formula is C18H25N3O3. The molecule has 0 radical (unpaired) electrons. The number of benzene rings is 1. The van der Waals surface area contributed by atoms with Crippen LogP contribution in [-0.2, 0) is 4.79 Å². The van der Waals surface area contributed by atoms with Crippen molar-refractivity contribution in [3.63, 3.8) is 0 Å². The van der Waals surface area contributed by atoms with Crippen LogP contribution >= 0.6 is 0 Å². The summed E-state index contributed by atoms with van der Waals surface area (Å²) in [6.45, 7) is -0.165. The molecule has 6 nitrogen and oxygen atoms in total. The molecule has 1 aromatic heterocycles. The molecule has 2 atom stereocenters. The third kappa shape index (κ3) is 3.33. The van der Waals surface area contributed by atoms with Crippen LogP contribution in [0.2, 0.25) is 0 Å². The Morgan fingerprint density at radius 3 is 2.92 bits per heavy atom. The zero-order valence-corrected chi connectivity index (χ0v) is 14.2. The summed E-state index contributed by atoms with van der Waals surface area (Å²) in [5.41, 5.74) is 7.46. The van der Waals surface area contributed by atoms with Crippen molar-refractivity contribution in [3.8, 4) is 11.5 Å². The molecule has 24 heavy (non-hydrogen) atoms. The van der Waals surface area contributed by atoms with E-state index >= 15 is 0 Å². The molecule has 1 amide bonds. The summed E-state index contributed by atoms with van der Waals surface area (Å²) in [6.07, 6.45) is 6.91. The third-order valence-electron chi connectivity index (χ3n) is 4.89. The van der Waals surface area contributed by atoms with E-state index in [2.05, 4.69) is 16.5 Å². The van der Waals surface area contributed by atoms with Gasteiger partial charge in [0.1, 0.15) is 0 Å². The lowest BCUT2D eigenvalue weighted by molar-refractivity contribution is -0.119. The summed E-state index contributed by atoms with van der Waals surface area (Å²) >= 11 is 0. The number of nitrogens with two attached hydrogens (primary N) is 1. The van der Waals surface area contributed by atoms with Crippen LogP contribution in [-0.4, -0.2) is 37.7 Å². The van der Waals surface area contributed by atoms with Gasteiger partial charge in [-0.05, 0) is 43.9 Å². The molecule has 1 fully saturated rings. The smallest absolute Gasteiger partial charge is 0.255 e. The van der Waals surface area contributed by atoms with Crippen LogP contribution in [0.15, 0.2) is 18.3 Å². The molecule has 2 aromatic rings. The highest BCUT2D eigenvalue weighted by molar-refractivity contribution is 5.87. The van der Waals surface area contributed by atoms with E-state index in [9.17, 15) is 4.79 Å². The Kier molecular flexibility index (Phi) is 4.94. The highest BCUT2D eigenvalue weighted by Crippen LogP contribution is 2.40. The van der Waals surface area contributed by atoms with Gasteiger partial charge in [-0.15, -0.1) is 0 Å². The van der Waals surface area contributed by atoms with E-state index in [-0.39, 0.29) is 6.61 Å². The molecule has 4 N–H and O–H groups in total. The number of nitrogens with one attached hydrogen (secondary N) is 2. The highest BCUT2D eigenvalue weighted by Gasteiger charge is 2.25. The first-order chi connectivity index (χ1) is 11.6. The second-order valence-corrected chi connectivity index (χ2v) is 6.40. The Bertz CT molecular complexity index is 726. The number of aromatic nitrogens is 1. The number of primary amides is 1. The van der Waals surface area contributed by atoms with Crippen LogP contribution < -0.4 is 20.5 Å². The van der Waals surface area contributed by atoms with E-state index in [1.54, 1.807) is 7.11 Å². The third-order valence-corrected chi connectivity index (χ3v) is 4.89. The van der Waals surface area contributed by atoms with Crippen molar-refractivity contribution in [2.75, 3.05) is 20.8 Å². The maximum absolute atomic E-state index is 10.9. The molecule has 1 aromatic carbocycles. The average Bonchev–Trinajstić information content (AvgIpc) is 3.01. The minimum atomic E-state index is -0.510. The quantitative estimate of drug-likeness (QED) is 0.757. The topological polar surface area (TPSA) is 89.4 Å². The van der Waals surface area contributed by atoms with Gasteiger partial charge in [-0.3, -0.25) is 4.79 Å². The fourth-order valence-electron chi connectivity index (χ4n) is 3.64. The minimum absolute atomic E-state index is 0.165. The minimum Gasteiger partial charge on any atom is -0.493 e. The second kappa shape index (κ2) is 7.13. The molecule has 6 heteroatoms. The molecule has 130 valence electrons. The van der Waals surface area contributed by atoms with Crippen LogP contribution in [0.3, 0.4) is 0 Å². The maximum atomic E-state index is 10.9. The second-order valence-electron chi connectivity index (χ2n) is 6.40. The molecule has 1 aliphatic carbocycles. The van der Waals surface area contributed by atoms with Gasteiger partial charge >= 0.3 is 0 Å². The lowest BCUT2D eigenvalue weighted by Gasteiger charge is -2.28. The van der Waals surface area contributed by atoms with Crippen molar-refractivity contribution in [1.82, 2.24) is 10.3 Å². The van der Waals surface area contributed by atoms with Gasteiger partial charge in [-0.25, -0.2) is 0 Å². The number of H-pyrrole nitrogens is 1. The molecule has 1 saturated carbocycles. The number of carbonyl (C=O) groups is 1. The average molecular weight is 331 g/mol. The number of rotatable bonds is 6. The number of hydrogen-bond donors (Lipinski definition) is 3. The highest BCUT2D eigenvalue weighted by atomic mass is 16.5. The van der Waals surface area contributed by atoms with E-state index in [4.69, 9.17) is 15.2 Å². The Balaban J connectivity index is 1.92. The van der Waals surface area contributed by atoms with Gasteiger partial charge in [0.25, 0.3) is 5.91 Å². The largest absolute Gasteiger partial charge is 0.493 e.